The van der Waals surface area contributed by atoms with E-state index in [1.165, 1.54) is 0 Å². The summed E-state index contributed by atoms with van der Waals surface area (Å²) in [5.41, 5.74) is 0.702. The molecule has 0 aromatic carbocycles. The van der Waals surface area contributed by atoms with Crippen LogP contribution in [0.3, 0.4) is 0 Å². The first-order valence-electron chi connectivity index (χ1n) is 5.47. The summed E-state index contributed by atoms with van der Waals surface area (Å²) in [6.45, 7) is 3.25. The number of halogens is 1. The second-order valence-electron chi connectivity index (χ2n) is 4.65. The van der Waals surface area contributed by atoms with Crippen LogP contribution in [0.2, 0.25) is 5.02 Å². The van der Waals surface area contributed by atoms with E-state index in [0.29, 0.717) is 18.2 Å². The van der Waals surface area contributed by atoms with E-state index in [0.717, 1.165) is 18.5 Å². The Hall–Kier alpha value is -0.580. The molecule has 1 aliphatic carbocycles. The number of methoxy groups -OCH3 is 1. The smallest absolute Gasteiger partial charge is 0.102 e. The van der Waals surface area contributed by atoms with Gasteiger partial charge in [-0.15, -0.1) is 0 Å². The van der Waals surface area contributed by atoms with E-state index >= 15 is 0 Å². The fourth-order valence-corrected chi connectivity index (χ4v) is 2.04. The van der Waals surface area contributed by atoms with Crippen molar-refractivity contribution in [1.29, 1.82) is 0 Å². The van der Waals surface area contributed by atoms with E-state index < -0.39 is 6.10 Å². The van der Waals surface area contributed by atoms with Crippen LogP contribution in [-0.2, 0) is 11.3 Å². The lowest BCUT2D eigenvalue weighted by Crippen LogP contribution is -2.18. The molecule has 1 aromatic heterocycles. The lowest BCUT2D eigenvalue weighted by Gasteiger charge is -2.19. The molecule has 1 atom stereocenters. The van der Waals surface area contributed by atoms with Crippen molar-refractivity contribution >= 4 is 11.6 Å². The molecule has 1 aromatic rings. The van der Waals surface area contributed by atoms with E-state index in [1.807, 2.05) is 0 Å². The molecule has 1 unspecified atom stereocenters. The van der Waals surface area contributed by atoms with Crippen molar-refractivity contribution in [2.75, 3.05) is 13.7 Å². The van der Waals surface area contributed by atoms with Gasteiger partial charge in [0.15, 0.2) is 0 Å². The van der Waals surface area contributed by atoms with Crippen LogP contribution in [0.1, 0.15) is 31.6 Å². The number of aromatic nitrogens is 2. The van der Waals surface area contributed by atoms with Crippen LogP contribution in [-0.4, -0.2) is 28.6 Å². The summed E-state index contributed by atoms with van der Waals surface area (Å²) in [4.78, 5) is 0. The number of rotatable bonds is 5. The Labute approximate surface area is 100 Å². The van der Waals surface area contributed by atoms with Gasteiger partial charge in [0.1, 0.15) is 6.10 Å². The van der Waals surface area contributed by atoms with E-state index in [-0.39, 0.29) is 5.41 Å². The Morgan fingerprint density at radius 2 is 2.38 bits per heavy atom. The highest BCUT2D eigenvalue weighted by Gasteiger charge is 2.46. The first kappa shape index (κ1) is 11.9. The molecular weight excluding hydrogens is 228 g/mol. The fraction of sp³-hybridized carbons (Fsp3) is 0.727. The first-order chi connectivity index (χ1) is 7.58. The highest BCUT2D eigenvalue weighted by Crippen LogP contribution is 2.55. The van der Waals surface area contributed by atoms with Crippen LogP contribution in [0.25, 0.3) is 0 Å². The monoisotopic (exact) mass is 244 g/mol. The van der Waals surface area contributed by atoms with E-state index in [4.69, 9.17) is 16.3 Å². The maximum absolute atomic E-state index is 10.3. The van der Waals surface area contributed by atoms with Gasteiger partial charge in [0.05, 0.1) is 30.1 Å². The van der Waals surface area contributed by atoms with Crippen LogP contribution >= 0.6 is 11.6 Å². The predicted octanol–water partition coefficient (Wildman–Crippen LogP) is 2.02. The van der Waals surface area contributed by atoms with Gasteiger partial charge in [-0.3, -0.25) is 4.68 Å². The van der Waals surface area contributed by atoms with Gasteiger partial charge >= 0.3 is 0 Å². The zero-order chi connectivity index (χ0) is 11.8. The first-order valence-corrected chi connectivity index (χ1v) is 5.84. The standard InChI is InChI=1S/C11H17ClN2O2/c1-11(3-4-11)10(15)9-8(12)7-13-14(9)5-6-16-2/h7,10,15H,3-6H2,1-2H3. The lowest BCUT2D eigenvalue weighted by molar-refractivity contribution is 0.0912. The summed E-state index contributed by atoms with van der Waals surface area (Å²) < 4.78 is 6.74. The van der Waals surface area contributed by atoms with E-state index in [9.17, 15) is 5.11 Å². The van der Waals surface area contributed by atoms with Crippen molar-refractivity contribution in [2.24, 2.45) is 5.41 Å². The molecule has 1 heterocycles. The highest BCUT2D eigenvalue weighted by molar-refractivity contribution is 6.31. The maximum Gasteiger partial charge on any atom is 0.102 e. The highest BCUT2D eigenvalue weighted by atomic mass is 35.5. The van der Waals surface area contributed by atoms with Crippen LogP contribution < -0.4 is 0 Å². The van der Waals surface area contributed by atoms with Crippen molar-refractivity contribution in [3.05, 3.63) is 16.9 Å². The van der Waals surface area contributed by atoms with Crippen LogP contribution in [0.4, 0.5) is 0 Å². The average Bonchev–Trinajstić information content (AvgIpc) is 2.90. The van der Waals surface area contributed by atoms with Crippen molar-refractivity contribution < 1.29 is 9.84 Å². The van der Waals surface area contributed by atoms with Crippen molar-refractivity contribution in [3.8, 4) is 0 Å². The van der Waals surface area contributed by atoms with Gasteiger partial charge in [0, 0.05) is 7.11 Å². The van der Waals surface area contributed by atoms with Crippen LogP contribution in [0, 0.1) is 5.41 Å². The molecule has 0 bridgehead atoms. The minimum absolute atomic E-state index is 0.0194. The summed E-state index contributed by atoms with van der Waals surface area (Å²) in [5.74, 6) is 0. The molecule has 1 fully saturated rings. The van der Waals surface area contributed by atoms with Gasteiger partial charge in [-0.25, -0.2) is 0 Å². The summed E-state index contributed by atoms with van der Waals surface area (Å²) in [6, 6.07) is 0. The second kappa shape index (κ2) is 4.35. The molecule has 0 spiro atoms. The SMILES string of the molecule is COCCn1ncc(Cl)c1C(O)C1(C)CC1. The van der Waals surface area contributed by atoms with Gasteiger partial charge in [-0.05, 0) is 18.3 Å². The van der Waals surface area contributed by atoms with E-state index in [1.54, 1.807) is 18.0 Å². The fourth-order valence-electron chi connectivity index (χ4n) is 1.80. The zero-order valence-corrected chi connectivity index (χ0v) is 10.4. The third-order valence-electron chi connectivity index (χ3n) is 3.30. The number of hydrogen-bond acceptors (Lipinski definition) is 3. The molecule has 2 rings (SSSR count). The minimum Gasteiger partial charge on any atom is -0.386 e. The summed E-state index contributed by atoms with van der Waals surface area (Å²) in [7, 11) is 1.64. The third kappa shape index (κ3) is 2.10. The molecule has 1 saturated carbocycles. The van der Waals surface area contributed by atoms with Crippen LogP contribution in [0.5, 0.6) is 0 Å². The Morgan fingerprint density at radius 1 is 1.69 bits per heavy atom. The normalized spacial score (nSPS) is 19.8. The largest absolute Gasteiger partial charge is 0.386 e. The predicted molar refractivity (Wildman–Crippen MR) is 61.4 cm³/mol. The zero-order valence-electron chi connectivity index (χ0n) is 9.61. The molecule has 0 radical (unpaired) electrons. The summed E-state index contributed by atoms with van der Waals surface area (Å²) in [5, 5.41) is 15.0. The molecule has 0 amide bonds. The topological polar surface area (TPSA) is 47.3 Å². The van der Waals surface area contributed by atoms with Gasteiger partial charge in [0.2, 0.25) is 0 Å². The molecule has 1 aliphatic rings. The van der Waals surface area contributed by atoms with Crippen LogP contribution in [0.15, 0.2) is 6.20 Å². The summed E-state index contributed by atoms with van der Waals surface area (Å²) >= 11 is 6.07. The minimum atomic E-state index is -0.528. The van der Waals surface area contributed by atoms with Crippen molar-refractivity contribution in [3.63, 3.8) is 0 Å². The molecule has 90 valence electrons. The molecule has 16 heavy (non-hydrogen) atoms. The van der Waals surface area contributed by atoms with Crippen molar-refractivity contribution in [1.82, 2.24) is 9.78 Å². The summed E-state index contributed by atoms with van der Waals surface area (Å²) in [6.07, 6.45) is 3.14. The maximum atomic E-state index is 10.3. The number of ether oxygens (including phenoxy) is 1. The number of nitrogens with zero attached hydrogens (tertiary/aromatic N) is 2. The molecule has 5 heteroatoms. The molecule has 4 nitrogen and oxygen atoms in total. The Balaban J connectivity index is 2.20. The number of hydrogen-bond donors (Lipinski definition) is 1. The van der Waals surface area contributed by atoms with Gasteiger partial charge in [-0.1, -0.05) is 18.5 Å². The van der Waals surface area contributed by atoms with Crippen molar-refractivity contribution in [2.45, 2.75) is 32.4 Å². The van der Waals surface area contributed by atoms with E-state index in [2.05, 4.69) is 12.0 Å². The lowest BCUT2D eigenvalue weighted by atomic mass is 9.99. The van der Waals surface area contributed by atoms with Gasteiger partial charge < -0.3 is 9.84 Å². The quantitative estimate of drug-likeness (QED) is 0.862. The molecule has 0 aliphatic heterocycles. The molecule has 0 saturated heterocycles. The number of aliphatic hydroxyl groups excluding tert-OH is 1. The molecule has 1 N–H and O–H groups in total. The van der Waals surface area contributed by atoms with Gasteiger partial charge in [0.25, 0.3) is 0 Å². The Kier molecular flexibility index (Phi) is 3.24. The average molecular weight is 245 g/mol. The number of aliphatic hydroxyl groups is 1. The second-order valence-corrected chi connectivity index (χ2v) is 5.06. The third-order valence-corrected chi connectivity index (χ3v) is 3.59. The Bertz CT molecular complexity index is 374. The molecular formula is C11H17ClN2O2. The Morgan fingerprint density at radius 3 is 2.94 bits per heavy atom. The van der Waals surface area contributed by atoms with Gasteiger partial charge in [-0.2, -0.15) is 5.10 Å².